The number of ether oxygens (including phenoxy) is 1. The summed E-state index contributed by atoms with van der Waals surface area (Å²) in [6.45, 7) is 9.69. The van der Waals surface area contributed by atoms with Crippen LogP contribution >= 0.6 is 0 Å². The van der Waals surface area contributed by atoms with Crippen molar-refractivity contribution >= 4 is 5.69 Å². The fourth-order valence-corrected chi connectivity index (χ4v) is 3.07. The Morgan fingerprint density at radius 3 is 2.68 bits per heavy atom. The van der Waals surface area contributed by atoms with Crippen molar-refractivity contribution in [3.05, 3.63) is 23.3 Å². The van der Waals surface area contributed by atoms with Gasteiger partial charge in [-0.25, -0.2) is 0 Å². The van der Waals surface area contributed by atoms with Gasteiger partial charge >= 0.3 is 0 Å². The van der Waals surface area contributed by atoms with Gasteiger partial charge in [-0.05, 0) is 55.1 Å². The number of anilines is 1. The number of nitrogens with zero attached hydrogens (tertiary/aromatic N) is 1. The van der Waals surface area contributed by atoms with Crippen molar-refractivity contribution in [2.75, 3.05) is 37.7 Å². The van der Waals surface area contributed by atoms with Crippen LogP contribution in [0.3, 0.4) is 0 Å². The quantitative estimate of drug-likeness (QED) is 0.882. The summed E-state index contributed by atoms with van der Waals surface area (Å²) in [7, 11) is 0. The van der Waals surface area contributed by atoms with E-state index in [0.717, 1.165) is 51.4 Å². The van der Waals surface area contributed by atoms with E-state index in [1.807, 2.05) is 0 Å². The third kappa shape index (κ3) is 2.71. The van der Waals surface area contributed by atoms with E-state index >= 15 is 0 Å². The first-order valence-electron chi connectivity index (χ1n) is 7.48. The third-order valence-corrected chi connectivity index (χ3v) is 3.97. The molecule has 2 aliphatic rings. The Labute approximate surface area is 115 Å². The highest BCUT2D eigenvalue weighted by Gasteiger charge is 2.21. The maximum Gasteiger partial charge on any atom is 0.142 e. The molecular formula is C16H24N2O. The monoisotopic (exact) mass is 260 g/mol. The molecule has 2 aliphatic heterocycles. The molecule has 1 aromatic carbocycles. The molecule has 1 N–H and O–H groups in total. The van der Waals surface area contributed by atoms with Gasteiger partial charge in [-0.1, -0.05) is 13.8 Å². The number of rotatable bonds is 2. The SMILES string of the molecule is CC(C)CN1CCOc2cc3c(cc21)CCNCC3. The van der Waals surface area contributed by atoms with E-state index in [0.29, 0.717) is 5.92 Å². The van der Waals surface area contributed by atoms with Gasteiger partial charge in [-0.15, -0.1) is 0 Å². The van der Waals surface area contributed by atoms with Gasteiger partial charge in [-0.3, -0.25) is 0 Å². The van der Waals surface area contributed by atoms with Gasteiger partial charge in [0, 0.05) is 6.54 Å². The molecule has 0 unspecified atom stereocenters. The van der Waals surface area contributed by atoms with Crippen LogP contribution in [-0.4, -0.2) is 32.8 Å². The van der Waals surface area contributed by atoms with E-state index in [4.69, 9.17) is 4.74 Å². The summed E-state index contributed by atoms with van der Waals surface area (Å²) in [6, 6.07) is 4.66. The van der Waals surface area contributed by atoms with Gasteiger partial charge in [0.1, 0.15) is 12.4 Å². The first-order chi connectivity index (χ1) is 9.24. The van der Waals surface area contributed by atoms with Crippen LogP contribution < -0.4 is 15.0 Å². The molecule has 0 aliphatic carbocycles. The van der Waals surface area contributed by atoms with E-state index in [-0.39, 0.29) is 0 Å². The maximum atomic E-state index is 5.88. The van der Waals surface area contributed by atoms with Gasteiger partial charge in [0.2, 0.25) is 0 Å². The number of benzene rings is 1. The lowest BCUT2D eigenvalue weighted by molar-refractivity contribution is 0.304. The Morgan fingerprint density at radius 2 is 1.95 bits per heavy atom. The molecule has 2 heterocycles. The van der Waals surface area contributed by atoms with Crippen LogP contribution in [-0.2, 0) is 12.8 Å². The summed E-state index contributed by atoms with van der Waals surface area (Å²) in [6.07, 6.45) is 2.26. The Bertz CT molecular complexity index is 456. The van der Waals surface area contributed by atoms with Crippen LogP contribution in [0.2, 0.25) is 0 Å². The third-order valence-electron chi connectivity index (χ3n) is 3.97. The fourth-order valence-electron chi connectivity index (χ4n) is 3.07. The van der Waals surface area contributed by atoms with Crippen molar-refractivity contribution in [3.8, 4) is 5.75 Å². The molecule has 0 atom stereocenters. The second kappa shape index (κ2) is 5.41. The van der Waals surface area contributed by atoms with Gasteiger partial charge in [0.05, 0.1) is 12.2 Å². The Hall–Kier alpha value is -1.22. The average molecular weight is 260 g/mol. The highest BCUT2D eigenvalue weighted by molar-refractivity contribution is 5.63. The molecule has 0 saturated carbocycles. The second-order valence-corrected chi connectivity index (χ2v) is 6.03. The molecule has 0 bridgehead atoms. The lowest BCUT2D eigenvalue weighted by Gasteiger charge is -2.33. The zero-order valence-corrected chi connectivity index (χ0v) is 12.0. The summed E-state index contributed by atoms with van der Waals surface area (Å²) in [5.41, 5.74) is 4.28. The van der Waals surface area contributed by atoms with E-state index in [1.165, 1.54) is 16.8 Å². The number of hydrogen-bond acceptors (Lipinski definition) is 3. The van der Waals surface area contributed by atoms with Crippen molar-refractivity contribution in [3.63, 3.8) is 0 Å². The molecule has 3 heteroatoms. The normalized spacial score (nSPS) is 18.6. The summed E-state index contributed by atoms with van der Waals surface area (Å²) < 4.78 is 5.88. The zero-order chi connectivity index (χ0) is 13.2. The van der Waals surface area contributed by atoms with Crippen molar-refractivity contribution < 1.29 is 4.74 Å². The van der Waals surface area contributed by atoms with Crippen molar-refractivity contribution in [2.24, 2.45) is 5.92 Å². The minimum atomic E-state index is 0.687. The van der Waals surface area contributed by atoms with Crippen molar-refractivity contribution in [1.29, 1.82) is 0 Å². The van der Waals surface area contributed by atoms with Crippen LogP contribution in [0.5, 0.6) is 5.75 Å². The molecule has 1 aromatic rings. The van der Waals surface area contributed by atoms with E-state index < -0.39 is 0 Å². The minimum absolute atomic E-state index is 0.687. The van der Waals surface area contributed by atoms with Gasteiger partial charge in [0.15, 0.2) is 0 Å². The van der Waals surface area contributed by atoms with E-state index in [2.05, 4.69) is 36.2 Å². The zero-order valence-electron chi connectivity index (χ0n) is 12.0. The Morgan fingerprint density at radius 1 is 1.21 bits per heavy atom. The molecule has 0 spiro atoms. The molecule has 104 valence electrons. The molecule has 0 radical (unpaired) electrons. The molecule has 19 heavy (non-hydrogen) atoms. The summed E-state index contributed by atoms with van der Waals surface area (Å²) >= 11 is 0. The average Bonchev–Trinajstić information content (AvgIpc) is 2.61. The molecule has 0 aromatic heterocycles. The van der Waals surface area contributed by atoms with Crippen LogP contribution in [0.15, 0.2) is 12.1 Å². The topological polar surface area (TPSA) is 24.5 Å². The van der Waals surface area contributed by atoms with Crippen molar-refractivity contribution in [2.45, 2.75) is 26.7 Å². The fraction of sp³-hybridized carbons (Fsp3) is 0.625. The predicted molar refractivity (Wildman–Crippen MR) is 79.3 cm³/mol. The van der Waals surface area contributed by atoms with E-state index in [9.17, 15) is 0 Å². The molecule has 0 saturated heterocycles. The highest BCUT2D eigenvalue weighted by atomic mass is 16.5. The van der Waals surface area contributed by atoms with Gasteiger partial charge in [-0.2, -0.15) is 0 Å². The first kappa shape index (κ1) is 12.8. The standard InChI is InChI=1S/C16H24N2O/c1-12(2)11-18-7-8-19-16-10-14-4-6-17-5-3-13(14)9-15(16)18/h9-10,12,17H,3-8,11H2,1-2H3. The van der Waals surface area contributed by atoms with Crippen LogP contribution in [0.25, 0.3) is 0 Å². The Balaban J connectivity index is 1.95. The van der Waals surface area contributed by atoms with Gasteiger partial charge in [0.25, 0.3) is 0 Å². The first-order valence-corrected chi connectivity index (χ1v) is 7.48. The molecule has 3 rings (SSSR count). The van der Waals surface area contributed by atoms with Crippen LogP contribution in [0, 0.1) is 5.92 Å². The van der Waals surface area contributed by atoms with Gasteiger partial charge < -0.3 is 15.0 Å². The second-order valence-electron chi connectivity index (χ2n) is 6.03. The highest BCUT2D eigenvalue weighted by Crippen LogP contribution is 2.35. The predicted octanol–water partition coefficient (Wildman–Crippen LogP) is 2.23. The number of hydrogen-bond donors (Lipinski definition) is 1. The molecule has 0 amide bonds. The molecule has 3 nitrogen and oxygen atoms in total. The number of fused-ring (bicyclic) bond motifs is 2. The largest absolute Gasteiger partial charge is 0.490 e. The summed E-state index contributed by atoms with van der Waals surface area (Å²) in [4.78, 5) is 2.49. The van der Waals surface area contributed by atoms with Crippen molar-refractivity contribution in [1.82, 2.24) is 5.32 Å². The lowest BCUT2D eigenvalue weighted by Crippen LogP contribution is -2.35. The van der Waals surface area contributed by atoms with Crippen LogP contribution in [0.4, 0.5) is 5.69 Å². The Kier molecular flexibility index (Phi) is 3.65. The smallest absolute Gasteiger partial charge is 0.142 e. The van der Waals surface area contributed by atoms with E-state index in [1.54, 1.807) is 0 Å². The molecule has 0 fully saturated rings. The summed E-state index contributed by atoms with van der Waals surface area (Å²) in [5, 5.41) is 3.47. The lowest BCUT2D eigenvalue weighted by atomic mass is 10.00. The summed E-state index contributed by atoms with van der Waals surface area (Å²) in [5.74, 6) is 1.78. The minimum Gasteiger partial charge on any atom is -0.490 e. The van der Waals surface area contributed by atoms with Crippen LogP contribution in [0.1, 0.15) is 25.0 Å². The molecular weight excluding hydrogens is 236 g/mol. The maximum absolute atomic E-state index is 5.88. The number of nitrogens with one attached hydrogen (secondary N) is 1.